The van der Waals surface area contributed by atoms with Crippen molar-refractivity contribution in [2.45, 2.75) is 13.3 Å². The number of carbonyl (C=O) groups excluding carboxylic acids is 3. The molecule has 2 saturated heterocycles. The predicted octanol–water partition coefficient (Wildman–Crippen LogP) is 2.37. The summed E-state index contributed by atoms with van der Waals surface area (Å²) in [4.78, 5) is 59.5. The lowest BCUT2D eigenvalue weighted by molar-refractivity contribution is -0.128. The number of rotatable bonds is 9. The zero-order valence-corrected chi connectivity index (χ0v) is 26.7. The molecule has 3 aromatic rings. The van der Waals surface area contributed by atoms with Crippen LogP contribution in [-0.2, 0) is 9.53 Å². The minimum absolute atomic E-state index is 0.0724. The van der Waals surface area contributed by atoms with E-state index in [0.29, 0.717) is 87.1 Å². The van der Waals surface area contributed by atoms with Crippen LogP contribution in [0.1, 0.15) is 23.7 Å². The molecule has 3 heterocycles. The van der Waals surface area contributed by atoms with Crippen molar-refractivity contribution in [3.63, 3.8) is 0 Å². The fourth-order valence-electron chi connectivity index (χ4n) is 5.16. The molecule has 4 amide bonds. The lowest BCUT2D eigenvalue weighted by atomic mass is 10.2. The number of nitrogens with one attached hydrogen (secondary N) is 3. The number of hydrogen-bond acceptors (Lipinski definition) is 10. The van der Waals surface area contributed by atoms with Gasteiger partial charge in [-0.3, -0.25) is 9.59 Å². The van der Waals surface area contributed by atoms with Crippen molar-refractivity contribution in [1.82, 2.24) is 30.1 Å². The maximum absolute atomic E-state index is 12.7. The van der Waals surface area contributed by atoms with Crippen molar-refractivity contribution in [3.8, 4) is 11.4 Å². The third-order valence-electron chi connectivity index (χ3n) is 7.78. The number of amides is 4. The first-order valence-electron chi connectivity index (χ1n) is 15.6. The van der Waals surface area contributed by atoms with E-state index >= 15 is 0 Å². The average Bonchev–Trinajstić information content (AvgIpc) is 3.32. The lowest BCUT2D eigenvalue weighted by Crippen LogP contribution is -2.38. The van der Waals surface area contributed by atoms with Crippen molar-refractivity contribution >= 4 is 41.1 Å². The van der Waals surface area contributed by atoms with E-state index < -0.39 is 6.03 Å². The Hall–Kier alpha value is -4.82. The second-order valence-corrected chi connectivity index (χ2v) is 11.5. The molecular weight excluding hydrogens is 588 g/mol. The second kappa shape index (κ2) is 15.5. The van der Waals surface area contributed by atoms with Crippen LogP contribution < -0.4 is 25.8 Å². The molecule has 0 bridgehead atoms. The van der Waals surface area contributed by atoms with E-state index in [1.807, 2.05) is 36.0 Å². The van der Waals surface area contributed by atoms with E-state index in [1.54, 1.807) is 43.3 Å². The number of carbonyl (C=O) groups is 3. The van der Waals surface area contributed by atoms with Gasteiger partial charge in [0, 0.05) is 81.8 Å². The van der Waals surface area contributed by atoms with Crippen LogP contribution in [0.15, 0.2) is 48.5 Å². The van der Waals surface area contributed by atoms with Crippen LogP contribution in [-0.4, -0.2) is 122 Å². The summed E-state index contributed by atoms with van der Waals surface area (Å²) in [6, 6.07) is 13.6. The zero-order chi connectivity index (χ0) is 32.5. The molecule has 5 rings (SSSR count). The molecule has 14 nitrogen and oxygen atoms in total. The Morgan fingerprint density at radius 3 is 2.00 bits per heavy atom. The normalized spacial score (nSPS) is 15.3. The molecule has 0 unspecified atom stereocenters. The molecule has 0 atom stereocenters. The highest BCUT2D eigenvalue weighted by Crippen LogP contribution is 2.24. The average molecular weight is 631 g/mol. The number of benzene rings is 2. The molecule has 46 heavy (non-hydrogen) atoms. The molecule has 1 aromatic heterocycles. The number of urea groups is 1. The minimum atomic E-state index is -0.409. The van der Waals surface area contributed by atoms with Gasteiger partial charge in [-0.2, -0.15) is 15.0 Å². The molecule has 0 spiro atoms. The number of hydrogen-bond donors (Lipinski definition) is 3. The Kier molecular flexibility index (Phi) is 10.9. The summed E-state index contributed by atoms with van der Waals surface area (Å²) in [5.74, 6) is 1.61. The number of morpholine rings is 1. The van der Waals surface area contributed by atoms with Gasteiger partial charge in [-0.25, -0.2) is 4.79 Å². The van der Waals surface area contributed by atoms with Crippen molar-refractivity contribution in [2.24, 2.45) is 0 Å². The van der Waals surface area contributed by atoms with Crippen LogP contribution in [0.25, 0.3) is 11.4 Å². The predicted molar refractivity (Wildman–Crippen MR) is 177 cm³/mol. The maximum atomic E-state index is 12.7. The fourth-order valence-corrected chi connectivity index (χ4v) is 5.16. The second-order valence-electron chi connectivity index (χ2n) is 11.5. The van der Waals surface area contributed by atoms with Gasteiger partial charge in [-0.15, -0.1) is 0 Å². The van der Waals surface area contributed by atoms with Crippen LogP contribution in [0.3, 0.4) is 0 Å². The summed E-state index contributed by atoms with van der Waals surface area (Å²) in [5, 5.41) is 8.51. The van der Waals surface area contributed by atoms with Gasteiger partial charge in [-0.05, 0) is 69.0 Å². The molecule has 3 N–H and O–H groups in total. The van der Waals surface area contributed by atoms with E-state index in [9.17, 15) is 14.4 Å². The Bertz CT molecular complexity index is 1490. The van der Waals surface area contributed by atoms with Crippen molar-refractivity contribution < 1.29 is 19.1 Å². The van der Waals surface area contributed by atoms with Crippen molar-refractivity contribution in [2.75, 3.05) is 100 Å². The summed E-state index contributed by atoms with van der Waals surface area (Å²) in [6.45, 7) is 8.18. The largest absolute Gasteiger partial charge is 0.378 e. The first kappa shape index (κ1) is 32.6. The highest BCUT2D eigenvalue weighted by molar-refractivity contribution is 6.00. The summed E-state index contributed by atoms with van der Waals surface area (Å²) in [7, 11) is 3.89. The number of anilines is 4. The molecule has 244 valence electrons. The molecule has 2 fully saturated rings. The zero-order valence-electron chi connectivity index (χ0n) is 26.7. The Balaban J connectivity index is 1.25. The smallest absolute Gasteiger partial charge is 0.323 e. The van der Waals surface area contributed by atoms with Crippen molar-refractivity contribution in [3.05, 3.63) is 54.1 Å². The first-order valence-corrected chi connectivity index (χ1v) is 15.6. The molecule has 0 saturated carbocycles. The van der Waals surface area contributed by atoms with E-state index in [2.05, 4.69) is 25.8 Å². The topological polar surface area (TPSA) is 148 Å². The summed E-state index contributed by atoms with van der Waals surface area (Å²) in [5.41, 5.74) is 2.46. The Labute approximate surface area is 269 Å². The van der Waals surface area contributed by atoms with Crippen LogP contribution in [0.5, 0.6) is 0 Å². The summed E-state index contributed by atoms with van der Waals surface area (Å²) >= 11 is 0. The van der Waals surface area contributed by atoms with Crippen molar-refractivity contribution in [1.29, 1.82) is 0 Å². The number of ether oxygens (including phenoxy) is 1. The Morgan fingerprint density at radius 2 is 1.39 bits per heavy atom. The standard InChI is InChI=1S/C32H42N10O4/c1-23(43)40-14-4-15-41(18-17-40)30-36-28(37-31(38-30)42-19-21-46-22-20-42)24-5-9-26(10-6-24)34-32(45)35-27-11-7-25(8-12-27)29(44)33-13-16-39(2)3/h5-12H,4,13-22H2,1-3H3,(H,33,44)(H2,34,35,45). The summed E-state index contributed by atoms with van der Waals surface area (Å²) < 4.78 is 5.53. The first-order chi connectivity index (χ1) is 22.2. The van der Waals surface area contributed by atoms with E-state index in [4.69, 9.17) is 19.7 Å². The highest BCUT2D eigenvalue weighted by Gasteiger charge is 2.23. The number of nitrogens with zero attached hydrogens (tertiary/aromatic N) is 7. The maximum Gasteiger partial charge on any atom is 0.323 e. The van der Waals surface area contributed by atoms with Gasteiger partial charge in [-0.1, -0.05) is 0 Å². The molecule has 2 aliphatic heterocycles. The van der Waals surface area contributed by atoms with Crippen LogP contribution in [0.4, 0.5) is 28.1 Å². The van der Waals surface area contributed by atoms with Gasteiger partial charge < -0.3 is 40.3 Å². The third-order valence-corrected chi connectivity index (χ3v) is 7.78. The van der Waals surface area contributed by atoms with Gasteiger partial charge in [0.15, 0.2) is 5.82 Å². The van der Waals surface area contributed by atoms with Gasteiger partial charge in [0.05, 0.1) is 13.2 Å². The molecule has 2 aromatic carbocycles. The quantitative estimate of drug-likeness (QED) is 0.322. The Morgan fingerprint density at radius 1 is 0.783 bits per heavy atom. The van der Waals surface area contributed by atoms with E-state index in [0.717, 1.165) is 25.1 Å². The highest BCUT2D eigenvalue weighted by atomic mass is 16.5. The van der Waals surface area contributed by atoms with Crippen LogP contribution in [0, 0.1) is 0 Å². The molecule has 0 aliphatic carbocycles. The summed E-state index contributed by atoms with van der Waals surface area (Å²) in [6.07, 6.45) is 0.826. The lowest BCUT2D eigenvalue weighted by Gasteiger charge is -2.28. The molecule has 0 radical (unpaired) electrons. The monoisotopic (exact) mass is 630 g/mol. The van der Waals surface area contributed by atoms with E-state index in [-0.39, 0.29) is 11.8 Å². The van der Waals surface area contributed by atoms with E-state index in [1.165, 1.54) is 0 Å². The SMILES string of the molecule is CC(=O)N1CCCN(c2nc(-c3ccc(NC(=O)Nc4ccc(C(=O)NCCN(C)C)cc4)cc3)nc(N3CCOCC3)n2)CC1. The molecular formula is C32H42N10O4. The number of aromatic nitrogens is 3. The van der Waals surface area contributed by atoms with Crippen LogP contribution in [0.2, 0.25) is 0 Å². The fraction of sp³-hybridized carbons (Fsp3) is 0.438. The van der Waals surface area contributed by atoms with Crippen LogP contribution >= 0.6 is 0 Å². The van der Waals surface area contributed by atoms with Gasteiger partial charge >= 0.3 is 6.03 Å². The molecule has 14 heteroatoms. The third kappa shape index (κ3) is 8.88. The molecule has 2 aliphatic rings. The number of likely N-dealkylation sites (N-methyl/N-ethyl adjacent to an activating group) is 1. The van der Waals surface area contributed by atoms with Gasteiger partial charge in [0.25, 0.3) is 5.91 Å². The van der Waals surface area contributed by atoms with Gasteiger partial charge in [0.2, 0.25) is 17.8 Å². The minimum Gasteiger partial charge on any atom is -0.378 e. The van der Waals surface area contributed by atoms with Gasteiger partial charge in [0.1, 0.15) is 0 Å².